The molecule has 0 aliphatic carbocycles. The minimum Gasteiger partial charge on any atom is -0.245 e. The zero-order chi connectivity index (χ0) is 16.5. The Morgan fingerprint density at radius 2 is 1.83 bits per heavy atom. The van der Waals surface area contributed by atoms with Crippen LogP contribution in [0.25, 0.3) is 33.3 Å². The predicted molar refractivity (Wildman–Crippen MR) is 96.3 cm³/mol. The van der Waals surface area contributed by atoms with Crippen molar-refractivity contribution in [1.82, 2.24) is 9.97 Å². The van der Waals surface area contributed by atoms with E-state index in [-0.39, 0.29) is 0 Å². The number of pyridine rings is 1. The van der Waals surface area contributed by atoms with E-state index in [2.05, 4.69) is 83.2 Å². The Balaban J connectivity index is 1.96. The largest absolute Gasteiger partial charge is 0.245 e. The maximum atomic E-state index is 4.35. The molecule has 4 aromatic rings. The molecular formula is C21H18N3+. The minimum absolute atomic E-state index is 0.942. The van der Waals surface area contributed by atoms with E-state index in [1.165, 1.54) is 27.6 Å². The second kappa shape index (κ2) is 5.85. The Morgan fingerprint density at radius 3 is 2.62 bits per heavy atom. The third-order valence-corrected chi connectivity index (χ3v) is 4.42. The molecule has 2 aromatic heterocycles. The molecule has 2 aromatic carbocycles. The summed E-state index contributed by atoms with van der Waals surface area (Å²) in [5.41, 5.74) is 5.83. The van der Waals surface area contributed by atoms with E-state index >= 15 is 0 Å². The molecule has 0 fully saturated rings. The van der Waals surface area contributed by atoms with Gasteiger partial charge in [0.25, 0.3) is 0 Å². The van der Waals surface area contributed by atoms with Crippen LogP contribution in [-0.4, -0.2) is 9.97 Å². The molecule has 3 nitrogen and oxygen atoms in total. The van der Waals surface area contributed by atoms with Crippen molar-refractivity contribution in [3.05, 3.63) is 78.9 Å². The number of hydrogen-bond acceptors (Lipinski definition) is 2. The molecule has 0 aliphatic heterocycles. The molecule has 0 saturated heterocycles. The summed E-state index contributed by atoms with van der Waals surface area (Å²) in [4.78, 5) is 8.35. The number of benzene rings is 2. The van der Waals surface area contributed by atoms with E-state index in [4.69, 9.17) is 0 Å². The van der Waals surface area contributed by atoms with Gasteiger partial charge in [0.15, 0.2) is 6.20 Å². The van der Waals surface area contributed by atoms with Crippen LogP contribution in [0.5, 0.6) is 0 Å². The molecule has 0 unspecified atom stereocenters. The molecule has 0 aliphatic rings. The zero-order valence-corrected chi connectivity index (χ0v) is 13.8. The number of hydrogen-bond donors (Lipinski definition) is 0. The maximum absolute atomic E-state index is 4.35. The first-order chi connectivity index (χ1) is 11.7. The van der Waals surface area contributed by atoms with E-state index in [1.807, 2.05) is 6.07 Å². The van der Waals surface area contributed by atoms with Crippen LogP contribution < -0.4 is 4.57 Å². The minimum atomic E-state index is 0.942. The lowest BCUT2D eigenvalue weighted by molar-refractivity contribution is -0.659. The van der Waals surface area contributed by atoms with Gasteiger partial charge in [0.1, 0.15) is 13.4 Å². The summed E-state index contributed by atoms with van der Waals surface area (Å²) in [6.07, 6.45) is 5.48. The Bertz CT molecular complexity index is 1020. The molecule has 24 heavy (non-hydrogen) atoms. The normalized spacial score (nSPS) is 10.9. The van der Waals surface area contributed by atoms with Crippen LogP contribution in [0.2, 0.25) is 0 Å². The van der Waals surface area contributed by atoms with Crippen molar-refractivity contribution < 1.29 is 4.57 Å². The van der Waals surface area contributed by atoms with Crippen molar-refractivity contribution in [3.63, 3.8) is 0 Å². The second-order valence-electron chi connectivity index (χ2n) is 5.99. The van der Waals surface area contributed by atoms with Gasteiger partial charge in [-0.3, -0.25) is 0 Å². The molecule has 0 spiro atoms. The van der Waals surface area contributed by atoms with Crippen molar-refractivity contribution in [2.45, 2.75) is 6.92 Å². The highest BCUT2D eigenvalue weighted by Crippen LogP contribution is 2.30. The van der Waals surface area contributed by atoms with Crippen molar-refractivity contribution in [2.24, 2.45) is 7.05 Å². The van der Waals surface area contributed by atoms with Gasteiger partial charge in [-0.25, -0.2) is 14.5 Å². The number of aryl methyl sites for hydroxylation is 2. The highest BCUT2D eigenvalue weighted by Gasteiger charge is 2.17. The SMILES string of the molecule is Cc1ccccc1-c1c2ccc(-c3ccncn3)cc2cc[n+]1C. The Labute approximate surface area is 141 Å². The first-order valence-corrected chi connectivity index (χ1v) is 7.99. The summed E-state index contributed by atoms with van der Waals surface area (Å²) < 4.78 is 2.19. The van der Waals surface area contributed by atoms with E-state index in [1.54, 1.807) is 12.5 Å². The average Bonchev–Trinajstić information content (AvgIpc) is 2.63. The highest BCUT2D eigenvalue weighted by molar-refractivity contribution is 5.95. The second-order valence-corrected chi connectivity index (χ2v) is 5.99. The summed E-state index contributed by atoms with van der Waals surface area (Å²) in [5.74, 6) is 0. The summed E-state index contributed by atoms with van der Waals surface area (Å²) in [6.45, 7) is 2.16. The summed E-state index contributed by atoms with van der Waals surface area (Å²) in [7, 11) is 2.10. The number of fused-ring (bicyclic) bond motifs is 1. The molecule has 2 heterocycles. The fourth-order valence-electron chi connectivity index (χ4n) is 3.17. The van der Waals surface area contributed by atoms with Crippen LogP contribution >= 0.6 is 0 Å². The first kappa shape index (κ1) is 14.5. The molecule has 4 rings (SSSR count). The van der Waals surface area contributed by atoms with E-state index < -0.39 is 0 Å². The topological polar surface area (TPSA) is 29.7 Å². The van der Waals surface area contributed by atoms with Gasteiger partial charge in [0.2, 0.25) is 5.69 Å². The van der Waals surface area contributed by atoms with E-state index in [0.717, 1.165) is 11.3 Å². The molecule has 0 N–H and O–H groups in total. The third kappa shape index (κ3) is 2.44. The lowest BCUT2D eigenvalue weighted by Gasteiger charge is -2.09. The molecule has 0 amide bonds. The average molecular weight is 312 g/mol. The van der Waals surface area contributed by atoms with Gasteiger partial charge >= 0.3 is 0 Å². The van der Waals surface area contributed by atoms with Gasteiger partial charge in [-0.05, 0) is 42.1 Å². The predicted octanol–water partition coefficient (Wildman–Crippen LogP) is 4.10. The van der Waals surface area contributed by atoms with E-state index in [0.29, 0.717) is 0 Å². The van der Waals surface area contributed by atoms with Crippen LogP contribution in [0.1, 0.15) is 5.56 Å². The van der Waals surface area contributed by atoms with Crippen molar-refractivity contribution in [1.29, 1.82) is 0 Å². The van der Waals surface area contributed by atoms with Crippen LogP contribution in [-0.2, 0) is 7.05 Å². The third-order valence-electron chi connectivity index (χ3n) is 4.42. The monoisotopic (exact) mass is 312 g/mol. The van der Waals surface area contributed by atoms with Gasteiger partial charge in [-0.2, -0.15) is 0 Å². The van der Waals surface area contributed by atoms with Gasteiger partial charge in [-0.15, -0.1) is 0 Å². The first-order valence-electron chi connectivity index (χ1n) is 7.99. The van der Waals surface area contributed by atoms with Gasteiger partial charge in [0.05, 0.1) is 11.1 Å². The summed E-state index contributed by atoms with van der Waals surface area (Å²) in [6, 6.07) is 19.1. The molecule has 0 saturated carbocycles. The van der Waals surface area contributed by atoms with Crippen molar-refractivity contribution in [3.8, 4) is 22.5 Å². The molecule has 116 valence electrons. The molecule has 0 atom stereocenters. The smallest absolute Gasteiger partial charge is 0.220 e. The van der Waals surface area contributed by atoms with Crippen LogP contribution in [0, 0.1) is 6.92 Å². The highest BCUT2D eigenvalue weighted by atomic mass is 14.9. The standard InChI is InChI=1S/C21H18N3/c1-15-5-3-4-6-18(15)21-19-8-7-17(20-9-11-22-14-23-20)13-16(19)10-12-24(21)2/h3-14H,1-2H3/q+1. The van der Waals surface area contributed by atoms with Crippen LogP contribution in [0.15, 0.2) is 73.3 Å². The molecule has 0 radical (unpaired) electrons. The van der Waals surface area contributed by atoms with E-state index in [9.17, 15) is 0 Å². The Hall–Kier alpha value is -3.07. The van der Waals surface area contributed by atoms with Gasteiger partial charge in [-0.1, -0.05) is 24.3 Å². The Morgan fingerprint density at radius 1 is 0.958 bits per heavy atom. The zero-order valence-electron chi connectivity index (χ0n) is 13.8. The fraction of sp³-hybridized carbons (Fsp3) is 0.0952. The number of aromatic nitrogens is 3. The van der Waals surface area contributed by atoms with Crippen molar-refractivity contribution in [2.75, 3.05) is 0 Å². The lowest BCUT2D eigenvalue weighted by Crippen LogP contribution is -2.30. The van der Waals surface area contributed by atoms with Crippen LogP contribution in [0.3, 0.4) is 0 Å². The Kier molecular flexibility index (Phi) is 3.54. The molecule has 0 bridgehead atoms. The quantitative estimate of drug-likeness (QED) is 0.522. The molecule has 3 heteroatoms. The maximum Gasteiger partial charge on any atom is 0.220 e. The number of rotatable bonds is 2. The molecular weight excluding hydrogens is 294 g/mol. The van der Waals surface area contributed by atoms with Gasteiger partial charge < -0.3 is 0 Å². The van der Waals surface area contributed by atoms with Crippen LogP contribution in [0.4, 0.5) is 0 Å². The summed E-state index contributed by atoms with van der Waals surface area (Å²) in [5, 5.41) is 2.45. The summed E-state index contributed by atoms with van der Waals surface area (Å²) >= 11 is 0. The fourth-order valence-corrected chi connectivity index (χ4v) is 3.17. The number of nitrogens with zero attached hydrogens (tertiary/aromatic N) is 3. The lowest BCUT2D eigenvalue weighted by atomic mass is 9.98. The van der Waals surface area contributed by atoms with Crippen molar-refractivity contribution >= 4 is 10.8 Å². The van der Waals surface area contributed by atoms with Gasteiger partial charge in [0, 0.05) is 23.4 Å².